The Morgan fingerprint density at radius 2 is 1.92 bits per heavy atom. The van der Waals surface area contributed by atoms with Gasteiger partial charge in [-0.1, -0.05) is 32.0 Å². The van der Waals surface area contributed by atoms with Crippen LogP contribution in [-0.2, 0) is 16.1 Å². The lowest BCUT2D eigenvalue weighted by Crippen LogP contribution is -2.50. The van der Waals surface area contributed by atoms with Crippen LogP contribution in [0.2, 0.25) is 0 Å². The first-order chi connectivity index (χ1) is 12.5. The van der Waals surface area contributed by atoms with Crippen LogP contribution in [-0.4, -0.2) is 36.4 Å². The Kier molecular flexibility index (Phi) is 5.45. The van der Waals surface area contributed by atoms with E-state index >= 15 is 0 Å². The summed E-state index contributed by atoms with van der Waals surface area (Å²) >= 11 is 0. The van der Waals surface area contributed by atoms with Crippen LogP contribution in [0.25, 0.3) is 10.8 Å². The van der Waals surface area contributed by atoms with Crippen LogP contribution in [0.1, 0.15) is 32.3 Å². The van der Waals surface area contributed by atoms with Crippen molar-refractivity contribution in [1.29, 1.82) is 0 Å². The quantitative estimate of drug-likeness (QED) is 0.867. The first-order valence-corrected chi connectivity index (χ1v) is 9.13. The van der Waals surface area contributed by atoms with Crippen LogP contribution in [0.4, 0.5) is 0 Å². The Bertz CT molecular complexity index is 816. The lowest BCUT2D eigenvalue weighted by Gasteiger charge is -2.29. The largest absolute Gasteiger partial charge is 0.497 e. The number of nitrogens with one attached hydrogen (secondary N) is 1. The summed E-state index contributed by atoms with van der Waals surface area (Å²) in [5.74, 6) is 0.915. The molecule has 0 radical (unpaired) electrons. The van der Waals surface area contributed by atoms with Gasteiger partial charge in [0.05, 0.1) is 7.11 Å². The summed E-state index contributed by atoms with van der Waals surface area (Å²) in [4.78, 5) is 26.5. The first kappa shape index (κ1) is 18.2. The number of hydrogen-bond donors (Lipinski definition) is 1. The number of hydrogen-bond acceptors (Lipinski definition) is 3. The van der Waals surface area contributed by atoms with Gasteiger partial charge in [0, 0.05) is 19.5 Å². The normalized spacial score (nSPS) is 15.5. The van der Waals surface area contributed by atoms with Crippen LogP contribution >= 0.6 is 0 Å². The summed E-state index contributed by atoms with van der Waals surface area (Å²) in [7, 11) is 1.65. The lowest BCUT2D eigenvalue weighted by molar-refractivity contribution is -0.139. The van der Waals surface area contributed by atoms with Crippen molar-refractivity contribution < 1.29 is 14.3 Å². The number of likely N-dealkylation sites (tertiary alicyclic amines) is 1. The molecule has 1 atom stereocenters. The highest BCUT2D eigenvalue weighted by atomic mass is 16.5. The van der Waals surface area contributed by atoms with E-state index in [0.717, 1.165) is 28.5 Å². The van der Waals surface area contributed by atoms with Crippen LogP contribution < -0.4 is 10.1 Å². The molecule has 1 aliphatic rings. The van der Waals surface area contributed by atoms with Crippen molar-refractivity contribution >= 4 is 22.6 Å². The summed E-state index contributed by atoms with van der Waals surface area (Å²) in [6.07, 6.45) is 1.38. The Labute approximate surface area is 154 Å². The lowest BCUT2D eigenvalue weighted by atomic mass is 10.0. The topological polar surface area (TPSA) is 58.6 Å². The zero-order valence-corrected chi connectivity index (χ0v) is 15.6. The third-order valence-electron chi connectivity index (χ3n) is 4.92. The van der Waals surface area contributed by atoms with Gasteiger partial charge in [-0.3, -0.25) is 9.59 Å². The molecule has 0 bridgehead atoms. The SMILES string of the molecule is COc1ccc2cc(CNC(=O)[C@@H](C(C)C)N3CCCC3=O)ccc2c1. The number of benzene rings is 2. The summed E-state index contributed by atoms with van der Waals surface area (Å²) < 4.78 is 5.25. The molecule has 1 heterocycles. The second-order valence-electron chi connectivity index (χ2n) is 7.14. The Morgan fingerprint density at radius 3 is 2.58 bits per heavy atom. The number of amides is 2. The van der Waals surface area contributed by atoms with E-state index in [9.17, 15) is 9.59 Å². The molecule has 1 saturated heterocycles. The zero-order valence-electron chi connectivity index (χ0n) is 15.6. The molecule has 1 N–H and O–H groups in total. The van der Waals surface area contributed by atoms with Gasteiger partial charge in [-0.05, 0) is 46.9 Å². The molecular weight excluding hydrogens is 328 g/mol. The van der Waals surface area contributed by atoms with E-state index in [4.69, 9.17) is 4.74 Å². The molecule has 0 saturated carbocycles. The molecule has 138 valence electrons. The molecule has 0 aliphatic carbocycles. The molecule has 2 aromatic rings. The van der Waals surface area contributed by atoms with Crippen molar-refractivity contribution in [2.24, 2.45) is 5.92 Å². The maximum Gasteiger partial charge on any atom is 0.243 e. The standard InChI is InChI=1S/C21H26N2O3/c1-14(2)20(23-10-4-5-19(23)24)21(25)22-13-15-6-7-17-12-18(26-3)9-8-16(17)11-15/h6-9,11-12,14,20H,4-5,10,13H2,1-3H3,(H,22,25)/t20-/m1/s1. The molecular formula is C21H26N2O3. The van der Waals surface area contributed by atoms with Crippen molar-refractivity contribution in [1.82, 2.24) is 10.2 Å². The van der Waals surface area contributed by atoms with Crippen molar-refractivity contribution in [2.75, 3.05) is 13.7 Å². The molecule has 2 amide bonds. The van der Waals surface area contributed by atoms with E-state index in [1.54, 1.807) is 12.0 Å². The minimum absolute atomic E-state index is 0.0786. The number of carbonyl (C=O) groups is 2. The van der Waals surface area contributed by atoms with Crippen LogP contribution in [0.15, 0.2) is 36.4 Å². The summed E-state index contributed by atoms with van der Waals surface area (Å²) in [5, 5.41) is 5.21. The third-order valence-corrected chi connectivity index (χ3v) is 4.92. The smallest absolute Gasteiger partial charge is 0.243 e. The van der Waals surface area contributed by atoms with Crippen molar-refractivity contribution in [3.63, 3.8) is 0 Å². The fourth-order valence-electron chi connectivity index (χ4n) is 3.57. The summed E-state index contributed by atoms with van der Waals surface area (Å²) in [5.41, 5.74) is 1.03. The van der Waals surface area contributed by atoms with Crippen molar-refractivity contribution in [2.45, 2.75) is 39.3 Å². The van der Waals surface area contributed by atoms with Gasteiger partial charge in [0.15, 0.2) is 0 Å². The highest BCUT2D eigenvalue weighted by Crippen LogP contribution is 2.22. The monoisotopic (exact) mass is 354 g/mol. The predicted molar refractivity (Wildman–Crippen MR) is 102 cm³/mol. The van der Waals surface area contributed by atoms with Gasteiger partial charge >= 0.3 is 0 Å². The van der Waals surface area contributed by atoms with Crippen LogP contribution in [0.5, 0.6) is 5.75 Å². The van der Waals surface area contributed by atoms with Gasteiger partial charge < -0.3 is 15.0 Å². The number of carbonyl (C=O) groups excluding carboxylic acids is 2. The zero-order chi connectivity index (χ0) is 18.7. The van der Waals surface area contributed by atoms with Crippen molar-refractivity contribution in [3.8, 4) is 5.75 Å². The summed E-state index contributed by atoms with van der Waals surface area (Å²) in [6.45, 7) is 5.09. The fraction of sp³-hybridized carbons (Fsp3) is 0.429. The molecule has 3 rings (SSSR count). The molecule has 1 aliphatic heterocycles. The average Bonchev–Trinajstić information content (AvgIpc) is 3.04. The molecule has 5 heteroatoms. The molecule has 0 unspecified atom stereocenters. The van der Waals surface area contributed by atoms with Crippen LogP contribution in [0.3, 0.4) is 0 Å². The van der Waals surface area contributed by atoms with Gasteiger partial charge in [-0.25, -0.2) is 0 Å². The number of rotatable bonds is 6. The van der Waals surface area contributed by atoms with Gasteiger partial charge in [0.25, 0.3) is 0 Å². The van der Waals surface area contributed by atoms with Crippen LogP contribution in [0, 0.1) is 5.92 Å². The number of ether oxygens (including phenoxy) is 1. The molecule has 1 fully saturated rings. The molecule has 26 heavy (non-hydrogen) atoms. The Balaban J connectivity index is 1.69. The molecule has 2 aromatic carbocycles. The number of nitrogens with zero attached hydrogens (tertiary/aromatic N) is 1. The Hall–Kier alpha value is -2.56. The fourth-order valence-corrected chi connectivity index (χ4v) is 3.57. The van der Waals surface area contributed by atoms with Crippen molar-refractivity contribution in [3.05, 3.63) is 42.0 Å². The maximum absolute atomic E-state index is 12.7. The molecule has 5 nitrogen and oxygen atoms in total. The molecule has 0 aromatic heterocycles. The second-order valence-corrected chi connectivity index (χ2v) is 7.14. The van der Waals surface area contributed by atoms with E-state index in [-0.39, 0.29) is 17.7 Å². The highest BCUT2D eigenvalue weighted by Gasteiger charge is 2.34. The van der Waals surface area contributed by atoms with E-state index in [0.29, 0.717) is 19.5 Å². The minimum atomic E-state index is -0.394. The van der Waals surface area contributed by atoms with Gasteiger partial charge in [-0.2, -0.15) is 0 Å². The second kappa shape index (κ2) is 7.77. The predicted octanol–water partition coefficient (Wildman–Crippen LogP) is 3.11. The first-order valence-electron chi connectivity index (χ1n) is 9.13. The van der Waals surface area contributed by atoms with E-state index in [1.165, 1.54) is 0 Å². The van der Waals surface area contributed by atoms with Gasteiger partial charge in [0.1, 0.15) is 11.8 Å². The van der Waals surface area contributed by atoms with E-state index < -0.39 is 6.04 Å². The number of methoxy groups -OCH3 is 1. The Morgan fingerprint density at radius 1 is 1.19 bits per heavy atom. The third kappa shape index (κ3) is 3.82. The molecule has 0 spiro atoms. The summed E-state index contributed by atoms with van der Waals surface area (Å²) in [6, 6.07) is 11.6. The van der Waals surface area contributed by atoms with Gasteiger partial charge in [0.2, 0.25) is 11.8 Å². The highest BCUT2D eigenvalue weighted by molar-refractivity contribution is 5.89. The average molecular weight is 354 g/mol. The van der Waals surface area contributed by atoms with E-state index in [2.05, 4.69) is 11.4 Å². The van der Waals surface area contributed by atoms with Gasteiger partial charge in [-0.15, -0.1) is 0 Å². The minimum Gasteiger partial charge on any atom is -0.497 e. The van der Waals surface area contributed by atoms with E-state index in [1.807, 2.05) is 44.2 Å². The maximum atomic E-state index is 12.7. The number of fused-ring (bicyclic) bond motifs is 1.